The molecule has 1 fully saturated rings. The molecule has 86 valence electrons. The van der Waals surface area contributed by atoms with E-state index in [-0.39, 0.29) is 0 Å². The van der Waals surface area contributed by atoms with Crippen molar-refractivity contribution in [3.05, 3.63) is 12.2 Å². The largest absolute Gasteiger partial charge is 0.0885 e. The molecule has 0 amide bonds. The van der Waals surface area contributed by atoms with Gasteiger partial charge < -0.3 is 0 Å². The summed E-state index contributed by atoms with van der Waals surface area (Å²) in [6.07, 6.45) is 18.0. The fourth-order valence-corrected chi connectivity index (χ4v) is 3.82. The zero-order valence-corrected chi connectivity index (χ0v) is 10.3. The monoisotopic (exact) mass is 206 g/mol. The molecule has 0 saturated heterocycles. The van der Waals surface area contributed by atoms with E-state index in [0.29, 0.717) is 0 Å². The lowest BCUT2D eigenvalue weighted by molar-refractivity contribution is 0.162. The van der Waals surface area contributed by atoms with Gasteiger partial charge in [0.25, 0.3) is 0 Å². The van der Waals surface area contributed by atoms with Crippen LogP contribution in [-0.2, 0) is 0 Å². The van der Waals surface area contributed by atoms with Crippen LogP contribution in [0.4, 0.5) is 0 Å². The molecule has 15 heavy (non-hydrogen) atoms. The van der Waals surface area contributed by atoms with Crippen LogP contribution in [0.2, 0.25) is 0 Å². The summed E-state index contributed by atoms with van der Waals surface area (Å²) in [6.45, 7) is 2.41. The lowest BCUT2D eigenvalue weighted by Gasteiger charge is -2.36. The Labute approximate surface area is 95.1 Å². The van der Waals surface area contributed by atoms with Crippen LogP contribution >= 0.6 is 0 Å². The third-order valence-corrected chi connectivity index (χ3v) is 4.64. The van der Waals surface area contributed by atoms with Crippen LogP contribution in [0.3, 0.4) is 0 Å². The third kappa shape index (κ3) is 2.86. The maximum atomic E-state index is 2.43. The van der Waals surface area contributed by atoms with Gasteiger partial charge in [-0.15, -0.1) is 0 Å². The summed E-state index contributed by atoms with van der Waals surface area (Å²) in [5, 5.41) is 0. The summed E-state index contributed by atoms with van der Waals surface area (Å²) in [5.74, 6) is 3.12. The Morgan fingerprint density at radius 2 is 1.80 bits per heavy atom. The van der Waals surface area contributed by atoms with Gasteiger partial charge in [-0.25, -0.2) is 0 Å². The first kappa shape index (κ1) is 11.2. The molecule has 0 spiro atoms. The van der Waals surface area contributed by atoms with Gasteiger partial charge in [-0.05, 0) is 37.0 Å². The van der Waals surface area contributed by atoms with Gasteiger partial charge in [0.1, 0.15) is 0 Å². The minimum atomic E-state index is 1.02. The molecule has 1 saturated carbocycles. The van der Waals surface area contributed by atoms with Crippen molar-refractivity contribution >= 4 is 0 Å². The molecular formula is C15H26. The Hall–Kier alpha value is -0.260. The maximum Gasteiger partial charge on any atom is -0.0319 e. The highest BCUT2D eigenvalue weighted by atomic mass is 14.3. The molecule has 2 unspecified atom stereocenters. The van der Waals surface area contributed by atoms with Gasteiger partial charge in [-0.3, -0.25) is 0 Å². The molecule has 2 aliphatic rings. The topological polar surface area (TPSA) is 0 Å². The van der Waals surface area contributed by atoms with Crippen molar-refractivity contribution in [2.75, 3.05) is 0 Å². The van der Waals surface area contributed by atoms with Crippen molar-refractivity contribution in [3.8, 4) is 0 Å². The molecule has 0 heteroatoms. The molecule has 2 aliphatic carbocycles. The molecule has 0 aromatic heterocycles. The number of allylic oxidation sites excluding steroid dienone is 2. The number of hydrogen-bond donors (Lipinski definition) is 0. The van der Waals surface area contributed by atoms with Crippen LogP contribution in [0, 0.1) is 17.8 Å². The average molecular weight is 206 g/mol. The van der Waals surface area contributed by atoms with Gasteiger partial charge in [0.15, 0.2) is 0 Å². The summed E-state index contributed by atoms with van der Waals surface area (Å²) in [7, 11) is 0. The van der Waals surface area contributed by atoms with Crippen LogP contribution in [-0.4, -0.2) is 0 Å². The normalized spacial score (nSPS) is 30.3. The highest BCUT2D eigenvalue weighted by Gasteiger charge is 2.28. The van der Waals surface area contributed by atoms with E-state index in [1.165, 1.54) is 57.8 Å². The highest BCUT2D eigenvalue weighted by molar-refractivity contribution is 4.93. The molecule has 0 aromatic carbocycles. The van der Waals surface area contributed by atoms with E-state index < -0.39 is 0 Å². The van der Waals surface area contributed by atoms with Crippen molar-refractivity contribution in [2.24, 2.45) is 17.8 Å². The average Bonchev–Trinajstić information content (AvgIpc) is 2.33. The molecule has 0 aliphatic heterocycles. The van der Waals surface area contributed by atoms with Crippen molar-refractivity contribution in [2.45, 2.75) is 64.7 Å². The van der Waals surface area contributed by atoms with E-state index in [1.807, 2.05) is 0 Å². The van der Waals surface area contributed by atoms with Gasteiger partial charge in [-0.1, -0.05) is 57.6 Å². The molecule has 2 atom stereocenters. The predicted octanol–water partition coefficient (Wildman–Crippen LogP) is 4.95. The van der Waals surface area contributed by atoms with E-state index in [1.54, 1.807) is 0 Å². The van der Waals surface area contributed by atoms with E-state index in [4.69, 9.17) is 0 Å². The van der Waals surface area contributed by atoms with Gasteiger partial charge in [0.2, 0.25) is 0 Å². The van der Waals surface area contributed by atoms with Crippen LogP contribution in [0.1, 0.15) is 64.7 Å². The maximum absolute atomic E-state index is 2.43. The Morgan fingerprint density at radius 3 is 2.40 bits per heavy atom. The van der Waals surface area contributed by atoms with E-state index in [2.05, 4.69) is 19.1 Å². The van der Waals surface area contributed by atoms with E-state index in [9.17, 15) is 0 Å². The Bertz CT molecular complexity index is 198. The number of rotatable bonds is 3. The van der Waals surface area contributed by atoms with Gasteiger partial charge in [0.05, 0.1) is 0 Å². The zero-order chi connectivity index (χ0) is 10.5. The summed E-state index contributed by atoms with van der Waals surface area (Å²) in [5.41, 5.74) is 0. The van der Waals surface area contributed by atoms with Crippen molar-refractivity contribution in [1.82, 2.24) is 0 Å². The molecule has 0 N–H and O–H groups in total. The van der Waals surface area contributed by atoms with Crippen molar-refractivity contribution in [3.63, 3.8) is 0 Å². The second kappa shape index (κ2) is 5.72. The minimum Gasteiger partial charge on any atom is -0.0885 e. The fourth-order valence-electron chi connectivity index (χ4n) is 3.82. The van der Waals surface area contributed by atoms with Crippen LogP contribution < -0.4 is 0 Å². The van der Waals surface area contributed by atoms with Crippen molar-refractivity contribution in [1.29, 1.82) is 0 Å². The fraction of sp³-hybridized carbons (Fsp3) is 0.867. The van der Waals surface area contributed by atoms with Crippen LogP contribution in [0.15, 0.2) is 12.2 Å². The Morgan fingerprint density at radius 1 is 1.00 bits per heavy atom. The molecule has 0 heterocycles. The van der Waals surface area contributed by atoms with Crippen LogP contribution in [0.25, 0.3) is 0 Å². The minimum absolute atomic E-state index is 1.02. The molecule has 0 aromatic rings. The molecule has 0 nitrogen and oxygen atoms in total. The predicted molar refractivity (Wildman–Crippen MR) is 66.8 cm³/mol. The lowest BCUT2D eigenvalue weighted by atomic mass is 9.70. The summed E-state index contributed by atoms with van der Waals surface area (Å²) >= 11 is 0. The third-order valence-electron chi connectivity index (χ3n) is 4.64. The van der Waals surface area contributed by atoms with E-state index >= 15 is 0 Å². The quantitative estimate of drug-likeness (QED) is 0.573. The Kier molecular flexibility index (Phi) is 4.29. The SMILES string of the molecule is CCC(C1CC=CCC1)C1CCCCC1. The molecule has 2 rings (SSSR count). The highest BCUT2D eigenvalue weighted by Crippen LogP contribution is 2.39. The summed E-state index contributed by atoms with van der Waals surface area (Å²) < 4.78 is 0. The number of hydrogen-bond acceptors (Lipinski definition) is 0. The summed E-state index contributed by atoms with van der Waals surface area (Å²) in [4.78, 5) is 0. The second-order valence-electron chi connectivity index (χ2n) is 5.51. The van der Waals surface area contributed by atoms with Gasteiger partial charge >= 0.3 is 0 Å². The summed E-state index contributed by atoms with van der Waals surface area (Å²) in [6, 6.07) is 0. The first-order chi connectivity index (χ1) is 7.42. The molecular weight excluding hydrogens is 180 g/mol. The second-order valence-corrected chi connectivity index (χ2v) is 5.51. The van der Waals surface area contributed by atoms with E-state index in [0.717, 1.165) is 17.8 Å². The molecule has 0 radical (unpaired) electrons. The zero-order valence-electron chi connectivity index (χ0n) is 10.3. The first-order valence-corrected chi connectivity index (χ1v) is 7.06. The Balaban J connectivity index is 1.92. The smallest absolute Gasteiger partial charge is 0.0319 e. The van der Waals surface area contributed by atoms with Gasteiger partial charge in [0, 0.05) is 0 Å². The molecule has 0 bridgehead atoms. The standard InChI is InChI=1S/C15H26/c1-2-15(13-9-5-3-6-10-13)14-11-7-4-8-12-14/h3,5,13-15H,2,4,6-12H2,1H3. The first-order valence-electron chi connectivity index (χ1n) is 7.06. The van der Waals surface area contributed by atoms with Crippen LogP contribution in [0.5, 0.6) is 0 Å². The lowest BCUT2D eigenvalue weighted by Crippen LogP contribution is -2.25. The van der Waals surface area contributed by atoms with Gasteiger partial charge in [-0.2, -0.15) is 0 Å². The van der Waals surface area contributed by atoms with Crippen molar-refractivity contribution < 1.29 is 0 Å².